The molecule has 0 bridgehead atoms. The lowest BCUT2D eigenvalue weighted by atomic mass is 10.3. The fraction of sp³-hybridized carbons (Fsp3) is 0.125. The molecule has 0 aliphatic heterocycles. The van der Waals surface area contributed by atoms with Gasteiger partial charge < -0.3 is 4.74 Å². The van der Waals surface area contributed by atoms with Gasteiger partial charge in [-0.3, -0.25) is 0 Å². The van der Waals surface area contributed by atoms with E-state index in [1.54, 1.807) is 0 Å². The molecule has 0 saturated carbocycles. The Bertz CT molecular complexity index is 254. The zero-order valence-corrected chi connectivity index (χ0v) is 6.67. The molecule has 0 N–H and O–H groups in total. The average Bonchev–Trinajstić information content (AvgIpc) is 2.07. The van der Waals surface area contributed by atoms with Crippen molar-refractivity contribution < 1.29 is 4.74 Å². The summed E-state index contributed by atoms with van der Waals surface area (Å²) in [7, 11) is 0. The monoisotopic (exact) mass is 165 g/mol. The lowest BCUT2D eigenvalue weighted by Gasteiger charge is -1.98. The van der Waals surface area contributed by atoms with Crippen molar-refractivity contribution in [1.82, 2.24) is 0 Å². The normalized spacial score (nSPS) is 8.36. The molecule has 1 aromatic carbocycles. The first kappa shape index (κ1) is 7.92. The van der Waals surface area contributed by atoms with E-state index in [-0.39, 0.29) is 6.73 Å². The number of hydrogen-bond donors (Lipinski definition) is 0. The number of thiocarbonyl (C=S) groups is 1. The van der Waals surface area contributed by atoms with Crippen LogP contribution < -0.4 is 4.74 Å². The molecule has 56 valence electrons. The van der Waals surface area contributed by atoms with E-state index in [1.807, 2.05) is 30.3 Å². The lowest BCUT2D eigenvalue weighted by Crippen LogP contribution is -1.91. The minimum Gasteiger partial charge on any atom is -0.471 e. The van der Waals surface area contributed by atoms with Crippen molar-refractivity contribution in [1.29, 1.82) is 0 Å². The maximum absolute atomic E-state index is 5.15. The number of benzene rings is 1. The predicted molar refractivity (Wildman–Crippen MR) is 47.0 cm³/mol. The zero-order chi connectivity index (χ0) is 7.94. The molecule has 0 unspecified atom stereocenters. The van der Waals surface area contributed by atoms with Gasteiger partial charge in [-0.25, -0.2) is 0 Å². The maximum atomic E-state index is 5.15. The van der Waals surface area contributed by atoms with Crippen LogP contribution in [0, 0.1) is 0 Å². The number of rotatable bonds is 3. The first-order valence-electron chi connectivity index (χ1n) is 3.15. The van der Waals surface area contributed by atoms with E-state index in [0.717, 1.165) is 5.75 Å². The number of isothiocyanates is 1. The van der Waals surface area contributed by atoms with Gasteiger partial charge in [0.15, 0.2) is 6.73 Å². The van der Waals surface area contributed by atoms with Crippen LogP contribution in [0.4, 0.5) is 0 Å². The highest BCUT2D eigenvalue weighted by Crippen LogP contribution is 2.07. The Hall–Kier alpha value is -1.18. The number of hydrogen-bond acceptors (Lipinski definition) is 3. The number of para-hydroxylation sites is 1. The van der Waals surface area contributed by atoms with Gasteiger partial charge in [0, 0.05) is 0 Å². The molecule has 1 rings (SSSR count). The molecule has 0 fully saturated rings. The van der Waals surface area contributed by atoms with Crippen LogP contribution in [0.25, 0.3) is 0 Å². The van der Waals surface area contributed by atoms with Crippen molar-refractivity contribution >= 4 is 17.4 Å². The van der Waals surface area contributed by atoms with E-state index >= 15 is 0 Å². The van der Waals surface area contributed by atoms with E-state index in [0.29, 0.717) is 0 Å². The molecule has 0 aliphatic carbocycles. The van der Waals surface area contributed by atoms with Crippen molar-refractivity contribution in [3.8, 4) is 5.75 Å². The smallest absolute Gasteiger partial charge is 0.188 e. The Morgan fingerprint density at radius 3 is 2.73 bits per heavy atom. The molecule has 0 amide bonds. The quantitative estimate of drug-likeness (QED) is 0.505. The Morgan fingerprint density at radius 1 is 1.36 bits per heavy atom. The van der Waals surface area contributed by atoms with Crippen LogP contribution in [-0.2, 0) is 0 Å². The van der Waals surface area contributed by atoms with Gasteiger partial charge in [-0.05, 0) is 24.4 Å². The summed E-state index contributed by atoms with van der Waals surface area (Å²) in [6, 6.07) is 9.44. The molecule has 1 aromatic rings. The third-order valence-corrected chi connectivity index (χ3v) is 1.23. The third-order valence-electron chi connectivity index (χ3n) is 1.10. The van der Waals surface area contributed by atoms with Gasteiger partial charge >= 0.3 is 0 Å². The summed E-state index contributed by atoms with van der Waals surface area (Å²) in [5.74, 6) is 0.793. The van der Waals surface area contributed by atoms with Gasteiger partial charge in [-0.15, -0.1) is 0 Å². The Kier molecular flexibility index (Phi) is 3.32. The highest BCUT2D eigenvalue weighted by Gasteiger charge is 1.86. The molecule has 0 aromatic heterocycles. The molecular weight excluding hydrogens is 158 g/mol. The third kappa shape index (κ3) is 2.94. The van der Waals surface area contributed by atoms with Crippen molar-refractivity contribution in [3.63, 3.8) is 0 Å². The molecular formula is C8H7NOS. The number of nitrogens with zero attached hydrogens (tertiary/aromatic N) is 1. The minimum absolute atomic E-state index is 0.244. The second-order valence-electron chi connectivity index (χ2n) is 1.84. The van der Waals surface area contributed by atoms with Crippen LogP contribution >= 0.6 is 12.2 Å². The SMILES string of the molecule is S=C=NCOc1ccccc1. The van der Waals surface area contributed by atoms with Gasteiger partial charge in [0.1, 0.15) is 5.75 Å². The number of aliphatic imine (C=N–C) groups is 1. The molecule has 0 spiro atoms. The summed E-state index contributed by atoms with van der Waals surface area (Å²) in [4.78, 5) is 3.61. The lowest BCUT2D eigenvalue weighted by molar-refractivity contribution is 0.332. The van der Waals surface area contributed by atoms with Crippen LogP contribution in [0.15, 0.2) is 35.3 Å². The maximum Gasteiger partial charge on any atom is 0.188 e. The van der Waals surface area contributed by atoms with Crippen molar-refractivity contribution in [2.75, 3.05) is 6.73 Å². The average molecular weight is 165 g/mol. The standard InChI is InChI=1S/C8H7NOS/c11-7-9-6-10-8-4-2-1-3-5-8/h1-5H,6H2. The van der Waals surface area contributed by atoms with Crippen LogP contribution in [0.2, 0.25) is 0 Å². The molecule has 0 heterocycles. The summed E-state index contributed by atoms with van der Waals surface area (Å²) in [5, 5.41) is 2.22. The first-order valence-corrected chi connectivity index (χ1v) is 3.56. The summed E-state index contributed by atoms with van der Waals surface area (Å²) < 4.78 is 5.15. The fourth-order valence-corrected chi connectivity index (χ4v) is 0.703. The van der Waals surface area contributed by atoms with E-state index in [1.165, 1.54) is 0 Å². The van der Waals surface area contributed by atoms with Crippen LogP contribution in [0.1, 0.15) is 0 Å². The summed E-state index contributed by atoms with van der Waals surface area (Å²) in [5.41, 5.74) is 0. The first-order chi connectivity index (χ1) is 5.43. The highest BCUT2D eigenvalue weighted by atomic mass is 32.1. The van der Waals surface area contributed by atoms with Crippen molar-refractivity contribution in [2.24, 2.45) is 4.99 Å². The molecule has 2 nitrogen and oxygen atoms in total. The van der Waals surface area contributed by atoms with Crippen LogP contribution in [-0.4, -0.2) is 11.9 Å². The zero-order valence-electron chi connectivity index (χ0n) is 5.86. The van der Waals surface area contributed by atoms with Crippen LogP contribution in [0.3, 0.4) is 0 Å². The summed E-state index contributed by atoms with van der Waals surface area (Å²) in [6.07, 6.45) is 0. The van der Waals surface area contributed by atoms with E-state index in [9.17, 15) is 0 Å². The fourth-order valence-electron chi connectivity index (χ4n) is 0.650. The summed E-state index contributed by atoms with van der Waals surface area (Å²) in [6.45, 7) is 0.244. The highest BCUT2D eigenvalue weighted by molar-refractivity contribution is 7.78. The minimum atomic E-state index is 0.244. The van der Waals surface area contributed by atoms with E-state index in [4.69, 9.17) is 4.74 Å². The molecule has 11 heavy (non-hydrogen) atoms. The van der Waals surface area contributed by atoms with Crippen molar-refractivity contribution in [3.05, 3.63) is 30.3 Å². The Balaban J connectivity index is 2.45. The molecule has 0 aliphatic rings. The van der Waals surface area contributed by atoms with Gasteiger partial charge in [0.25, 0.3) is 0 Å². The Labute approximate surface area is 70.5 Å². The second-order valence-corrected chi connectivity index (χ2v) is 2.02. The van der Waals surface area contributed by atoms with Crippen LogP contribution in [0.5, 0.6) is 5.75 Å². The van der Waals surface area contributed by atoms with Gasteiger partial charge in [0.05, 0.1) is 5.16 Å². The van der Waals surface area contributed by atoms with Gasteiger partial charge in [-0.1, -0.05) is 18.2 Å². The van der Waals surface area contributed by atoms with Gasteiger partial charge in [-0.2, -0.15) is 4.99 Å². The molecule has 0 atom stereocenters. The largest absolute Gasteiger partial charge is 0.471 e. The number of ether oxygens (including phenoxy) is 1. The summed E-state index contributed by atoms with van der Waals surface area (Å²) >= 11 is 4.37. The molecule has 3 heteroatoms. The van der Waals surface area contributed by atoms with E-state index in [2.05, 4.69) is 22.4 Å². The van der Waals surface area contributed by atoms with E-state index < -0.39 is 0 Å². The van der Waals surface area contributed by atoms with Gasteiger partial charge in [0.2, 0.25) is 0 Å². The topological polar surface area (TPSA) is 21.6 Å². The molecule has 0 radical (unpaired) electrons. The Morgan fingerprint density at radius 2 is 2.09 bits per heavy atom. The second kappa shape index (κ2) is 4.61. The molecule has 0 saturated heterocycles. The predicted octanol–water partition coefficient (Wildman–Crippen LogP) is 2.13. The van der Waals surface area contributed by atoms with Crippen molar-refractivity contribution in [2.45, 2.75) is 0 Å².